The molecule has 0 aliphatic carbocycles. The van der Waals surface area contributed by atoms with Crippen LogP contribution in [0.25, 0.3) is 11.1 Å². The number of guanidine groups is 1. The minimum atomic E-state index is -0.551. The Labute approximate surface area is 136 Å². The summed E-state index contributed by atoms with van der Waals surface area (Å²) in [6.45, 7) is 0. The zero-order chi connectivity index (χ0) is 16.2. The van der Waals surface area contributed by atoms with Gasteiger partial charge in [-0.2, -0.15) is 9.98 Å². The van der Waals surface area contributed by atoms with Gasteiger partial charge in [0.2, 0.25) is 5.96 Å². The molecule has 0 unspecified atom stereocenters. The Bertz CT molecular complexity index is 857. The van der Waals surface area contributed by atoms with Crippen molar-refractivity contribution in [2.45, 2.75) is 0 Å². The maximum absolute atomic E-state index is 11.8. The first kappa shape index (κ1) is 14.9. The van der Waals surface area contributed by atoms with Gasteiger partial charge in [0.05, 0.1) is 0 Å². The Kier molecular flexibility index (Phi) is 4.11. The van der Waals surface area contributed by atoms with E-state index in [0.717, 1.165) is 0 Å². The first-order valence-electron chi connectivity index (χ1n) is 6.63. The lowest BCUT2D eigenvalue weighted by molar-refractivity contribution is 0.256. The minimum absolute atomic E-state index is 0.0618. The molecule has 4 N–H and O–H groups in total. The van der Waals surface area contributed by atoms with Gasteiger partial charge in [0.25, 0.3) is 0 Å². The number of nitrogens with one attached hydrogen (secondary N) is 2. The van der Waals surface area contributed by atoms with Crippen molar-refractivity contribution in [2.24, 2.45) is 10.7 Å². The number of carbonyl (C=O) groups is 1. The molecule has 0 aliphatic rings. The fourth-order valence-electron chi connectivity index (χ4n) is 1.88. The van der Waals surface area contributed by atoms with Gasteiger partial charge in [-0.05, 0) is 30.3 Å². The number of aromatic nitrogens is 1. The lowest BCUT2D eigenvalue weighted by Gasteiger charge is -2.06. The van der Waals surface area contributed by atoms with E-state index in [1.54, 1.807) is 36.4 Å². The van der Waals surface area contributed by atoms with Crippen LogP contribution in [-0.2, 0) is 0 Å². The first-order valence-corrected chi connectivity index (χ1v) is 7.01. The van der Waals surface area contributed by atoms with Gasteiger partial charge in [-0.15, -0.1) is 0 Å². The van der Waals surface area contributed by atoms with Crippen LogP contribution in [0.2, 0.25) is 5.02 Å². The Hall–Kier alpha value is -3.06. The Morgan fingerprint density at radius 2 is 2.04 bits per heavy atom. The largest absolute Gasteiger partial charge is 0.422 e. The van der Waals surface area contributed by atoms with E-state index in [1.165, 1.54) is 0 Å². The van der Waals surface area contributed by atoms with Crippen molar-refractivity contribution in [2.75, 3.05) is 5.32 Å². The monoisotopic (exact) mass is 329 g/mol. The van der Waals surface area contributed by atoms with Gasteiger partial charge < -0.3 is 15.5 Å². The highest BCUT2D eigenvalue weighted by atomic mass is 35.5. The summed E-state index contributed by atoms with van der Waals surface area (Å²) in [4.78, 5) is 19.9. The SMILES string of the molecule is N/C(=N/c1nc2ccccc2o1)NC(=O)Nc1cccc(Cl)c1. The second kappa shape index (κ2) is 6.37. The molecule has 0 spiro atoms. The van der Waals surface area contributed by atoms with Crippen LogP contribution in [-0.4, -0.2) is 17.0 Å². The second-order valence-electron chi connectivity index (χ2n) is 4.55. The predicted molar refractivity (Wildman–Crippen MR) is 88.9 cm³/mol. The van der Waals surface area contributed by atoms with Crippen LogP contribution in [0.3, 0.4) is 0 Å². The lowest BCUT2D eigenvalue weighted by atomic mass is 10.3. The van der Waals surface area contributed by atoms with Gasteiger partial charge in [0.1, 0.15) is 5.52 Å². The number of amides is 2. The molecule has 0 fully saturated rings. The van der Waals surface area contributed by atoms with Crippen LogP contribution < -0.4 is 16.4 Å². The molecule has 0 radical (unpaired) electrons. The number of nitrogens with zero attached hydrogens (tertiary/aromatic N) is 2. The van der Waals surface area contributed by atoms with E-state index < -0.39 is 6.03 Å². The van der Waals surface area contributed by atoms with Crippen molar-refractivity contribution < 1.29 is 9.21 Å². The third-order valence-electron chi connectivity index (χ3n) is 2.82. The topological polar surface area (TPSA) is 106 Å². The molecule has 0 atom stereocenters. The van der Waals surface area contributed by atoms with Gasteiger partial charge >= 0.3 is 12.0 Å². The van der Waals surface area contributed by atoms with Crippen molar-refractivity contribution in [1.29, 1.82) is 0 Å². The summed E-state index contributed by atoms with van der Waals surface area (Å²) in [5, 5.41) is 5.47. The maximum Gasteiger partial charge on any atom is 0.325 e. The smallest absolute Gasteiger partial charge is 0.325 e. The van der Waals surface area contributed by atoms with Crippen molar-refractivity contribution in [3.05, 3.63) is 53.6 Å². The molecular weight excluding hydrogens is 318 g/mol. The van der Waals surface area contributed by atoms with Crippen LogP contribution in [0, 0.1) is 0 Å². The molecular formula is C15H12ClN5O2. The third kappa shape index (κ3) is 3.78. The lowest BCUT2D eigenvalue weighted by Crippen LogP contribution is -2.39. The summed E-state index contributed by atoms with van der Waals surface area (Å²) in [7, 11) is 0. The van der Waals surface area contributed by atoms with Gasteiger partial charge in [0.15, 0.2) is 5.58 Å². The summed E-state index contributed by atoms with van der Waals surface area (Å²) >= 11 is 5.84. The highest BCUT2D eigenvalue weighted by Crippen LogP contribution is 2.20. The van der Waals surface area contributed by atoms with Crippen LogP contribution in [0.5, 0.6) is 0 Å². The molecule has 23 heavy (non-hydrogen) atoms. The second-order valence-corrected chi connectivity index (χ2v) is 4.99. The number of halogens is 1. The standard InChI is InChI=1S/C15H12ClN5O2/c16-9-4-3-5-10(8-9)18-14(22)20-13(17)21-15-19-11-6-1-2-7-12(11)23-15/h1-8H,(H4,17,18,19,20,21,22). The van der Waals surface area contributed by atoms with E-state index >= 15 is 0 Å². The zero-order valence-electron chi connectivity index (χ0n) is 11.8. The molecule has 2 aromatic carbocycles. The number of oxazole rings is 1. The summed E-state index contributed by atoms with van der Waals surface area (Å²) < 4.78 is 5.39. The molecule has 1 heterocycles. The molecule has 8 heteroatoms. The summed E-state index contributed by atoms with van der Waals surface area (Å²) in [6.07, 6.45) is 0. The summed E-state index contributed by atoms with van der Waals surface area (Å²) in [5.41, 5.74) is 7.44. The number of rotatable bonds is 2. The third-order valence-corrected chi connectivity index (χ3v) is 3.06. The molecule has 0 bridgehead atoms. The predicted octanol–water partition coefficient (Wildman–Crippen LogP) is 3.25. The number of urea groups is 1. The molecule has 116 valence electrons. The molecule has 0 saturated carbocycles. The number of para-hydroxylation sites is 2. The summed E-state index contributed by atoms with van der Waals surface area (Å²) in [5.74, 6) is -0.143. The minimum Gasteiger partial charge on any atom is -0.422 e. The average Bonchev–Trinajstić information content (AvgIpc) is 2.88. The molecule has 3 rings (SSSR count). The van der Waals surface area contributed by atoms with Crippen molar-refractivity contribution >= 4 is 46.4 Å². The molecule has 3 aromatic rings. The van der Waals surface area contributed by atoms with E-state index in [1.807, 2.05) is 12.1 Å². The first-order chi connectivity index (χ1) is 11.1. The van der Waals surface area contributed by atoms with Crippen molar-refractivity contribution in [1.82, 2.24) is 10.3 Å². The van der Waals surface area contributed by atoms with E-state index in [9.17, 15) is 4.79 Å². The van der Waals surface area contributed by atoms with E-state index in [0.29, 0.717) is 21.8 Å². The van der Waals surface area contributed by atoms with Crippen molar-refractivity contribution in [3.8, 4) is 0 Å². The zero-order valence-corrected chi connectivity index (χ0v) is 12.5. The number of fused-ring (bicyclic) bond motifs is 1. The molecule has 0 saturated heterocycles. The highest BCUT2D eigenvalue weighted by Gasteiger charge is 2.07. The number of hydrogen-bond acceptors (Lipinski definition) is 4. The number of hydrogen-bond donors (Lipinski definition) is 3. The summed E-state index contributed by atoms with van der Waals surface area (Å²) in [6, 6.07) is 13.4. The average molecular weight is 330 g/mol. The normalized spacial score (nSPS) is 11.4. The number of benzene rings is 2. The van der Waals surface area contributed by atoms with Gasteiger partial charge in [-0.3, -0.25) is 5.32 Å². The molecule has 2 amide bonds. The quantitative estimate of drug-likeness (QED) is 0.495. The van der Waals surface area contributed by atoms with Crippen LogP contribution in [0.4, 0.5) is 16.5 Å². The van der Waals surface area contributed by atoms with E-state index in [2.05, 4.69) is 20.6 Å². The molecule has 0 aliphatic heterocycles. The van der Waals surface area contributed by atoms with Crippen molar-refractivity contribution in [3.63, 3.8) is 0 Å². The van der Waals surface area contributed by atoms with Crippen LogP contribution >= 0.6 is 11.6 Å². The van der Waals surface area contributed by atoms with E-state index in [4.69, 9.17) is 21.8 Å². The fraction of sp³-hybridized carbons (Fsp3) is 0. The van der Waals surface area contributed by atoms with Gasteiger partial charge in [0, 0.05) is 10.7 Å². The Morgan fingerprint density at radius 3 is 2.83 bits per heavy atom. The number of anilines is 1. The van der Waals surface area contributed by atoms with Crippen LogP contribution in [0.15, 0.2) is 57.9 Å². The van der Waals surface area contributed by atoms with Gasteiger partial charge in [-0.1, -0.05) is 29.8 Å². The fourth-order valence-corrected chi connectivity index (χ4v) is 2.07. The highest BCUT2D eigenvalue weighted by molar-refractivity contribution is 6.30. The maximum atomic E-state index is 11.8. The van der Waals surface area contributed by atoms with Gasteiger partial charge in [-0.25, -0.2) is 4.79 Å². The van der Waals surface area contributed by atoms with Crippen LogP contribution in [0.1, 0.15) is 0 Å². The number of nitrogens with two attached hydrogens (primary N) is 1. The molecule has 7 nitrogen and oxygen atoms in total. The Balaban J connectivity index is 1.67. The van der Waals surface area contributed by atoms with E-state index in [-0.39, 0.29) is 12.0 Å². The molecule has 1 aromatic heterocycles. The number of aliphatic imine (C=N–C) groups is 1. The Morgan fingerprint density at radius 1 is 1.22 bits per heavy atom. The number of carbonyl (C=O) groups excluding carboxylic acids is 1.